The third-order valence-corrected chi connectivity index (χ3v) is 4.97. The van der Waals surface area contributed by atoms with Crippen LogP contribution in [0.4, 0.5) is 4.79 Å². The molecule has 2 aromatic carbocycles. The second kappa shape index (κ2) is 8.00. The highest BCUT2D eigenvalue weighted by Crippen LogP contribution is 2.27. The minimum Gasteiger partial charge on any atom is -0.318 e. The Morgan fingerprint density at radius 3 is 2.43 bits per heavy atom. The summed E-state index contributed by atoms with van der Waals surface area (Å²) >= 11 is 5.87. The number of benzene rings is 2. The number of rotatable bonds is 6. The Labute approximate surface area is 168 Å². The minimum atomic E-state index is -1.23. The van der Waals surface area contributed by atoms with E-state index in [0.29, 0.717) is 10.6 Å². The van der Waals surface area contributed by atoms with Gasteiger partial charge in [-0.3, -0.25) is 15.0 Å². The lowest BCUT2D eigenvalue weighted by Gasteiger charge is -2.22. The van der Waals surface area contributed by atoms with Gasteiger partial charge in [0, 0.05) is 11.1 Å². The monoisotopic (exact) mass is 400 g/mol. The van der Waals surface area contributed by atoms with E-state index in [1.807, 2.05) is 25.1 Å². The third-order valence-electron chi connectivity index (χ3n) is 4.72. The van der Waals surface area contributed by atoms with Crippen molar-refractivity contribution in [2.45, 2.75) is 25.4 Å². The molecule has 0 spiro atoms. The molecule has 0 radical (unpaired) electrons. The summed E-state index contributed by atoms with van der Waals surface area (Å²) in [6.07, 6.45) is 0. The molecule has 28 heavy (non-hydrogen) atoms. The lowest BCUT2D eigenvalue weighted by Crippen LogP contribution is -2.50. The molecule has 2 atom stereocenters. The van der Waals surface area contributed by atoms with E-state index < -0.39 is 23.4 Å². The molecule has 3 N–H and O–H groups in total. The van der Waals surface area contributed by atoms with Gasteiger partial charge in [0.25, 0.3) is 11.8 Å². The van der Waals surface area contributed by atoms with Crippen LogP contribution in [0.3, 0.4) is 0 Å². The van der Waals surface area contributed by atoms with Crippen molar-refractivity contribution in [3.8, 4) is 0 Å². The molecule has 0 aromatic heterocycles. The number of urea groups is 1. The Bertz CT molecular complexity index is 888. The van der Waals surface area contributed by atoms with Gasteiger partial charge in [0.2, 0.25) is 0 Å². The Hall–Kier alpha value is -2.90. The van der Waals surface area contributed by atoms with Crippen molar-refractivity contribution in [2.75, 3.05) is 6.54 Å². The fraction of sp³-hybridized carbons (Fsp3) is 0.250. The first-order valence-corrected chi connectivity index (χ1v) is 9.19. The number of amides is 4. The van der Waals surface area contributed by atoms with E-state index in [0.717, 1.165) is 10.6 Å². The Morgan fingerprint density at radius 1 is 1.14 bits per heavy atom. The largest absolute Gasteiger partial charge is 0.344 e. The second-order valence-electron chi connectivity index (χ2n) is 6.75. The normalized spacial score (nSPS) is 20.0. The van der Waals surface area contributed by atoms with Gasteiger partial charge in [0.1, 0.15) is 5.54 Å². The Morgan fingerprint density at radius 2 is 1.79 bits per heavy atom. The highest BCUT2D eigenvalue weighted by Gasteiger charge is 2.49. The first-order chi connectivity index (χ1) is 13.3. The zero-order chi connectivity index (χ0) is 20.3. The first kappa shape index (κ1) is 19.9. The molecule has 0 unspecified atom stereocenters. The number of hydrogen-bond acceptors (Lipinski definition) is 4. The molecule has 4 amide bonds. The predicted molar refractivity (Wildman–Crippen MR) is 105 cm³/mol. The number of nitrogens with zero attached hydrogens (tertiary/aromatic N) is 1. The maximum Gasteiger partial charge on any atom is 0.344 e. The van der Waals surface area contributed by atoms with Crippen LogP contribution in [-0.2, 0) is 15.1 Å². The molecule has 3 rings (SSSR count). The average Bonchev–Trinajstić information content (AvgIpc) is 2.91. The molecule has 1 fully saturated rings. The van der Waals surface area contributed by atoms with Gasteiger partial charge in [-0.25, -0.2) is 4.79 Å². The van der Waals surface area contributed by atoms with Crippen molar-refractivity contribution in [3.63, 3.8) is 0 Å². The summed E-state index contributed by atoms with van der Waals surface area (Å²) in [5.74, 6) is -1.04. The van der Waals surface area contributed by atoms with E-state index in [9.17, 15) is 14.4 Å². The van der Waals surface area contributed by atoms with Crippen LogP contribution in [0.25, 0.3) is 0 Å². The molecule has 146 valence electrons. The van der Waals surface area contributed by atoms with Gasteiger partial charge in [-0.05, 0) is 37.1 Å². The zero-order valence-corrected chi connectivity index (χ0v) is 16.3. The van der Waals surface area contributed by atoms with Crippen molar-refractivity contribution in [1.29, 1.82) is 0 Å². The van der Waals surface area contributed by atoms with Crippen LogP contribution < -0.4 is 16.1 Å². The molecule has 1 heterocycles. The maximum atomic E-state index is 12.8. The van der Waals surface area contributed by atoms with E-state index in [1.54, 1.807) is 43.3 Å². The van der Waals surface area contributed by atoms with Gasteiger partial charge >= 0.3 is 6.03 Å². The SMILES string of the molecule is C[C@@H](NCC(=O)NN1C(=O)N[C@@](C)(c2ccccc2)C1=O)c1ccc(Cl)cc1. The summed E-state index contributed by atoms with van der Waals surface area (Å²) in [4.78, 5) is 37.3. The lowest BCUT2D eigenvalue weighted by atomic mass is 9.92. The Balaban J connectivity index is 1.60. The van der Waals surface area contributed by atoms with Crippen LogP contribution in [0.2, 0.25) is 5.02 Å². The standard InChI is InChI=1S/C20H21ClN4O3/c1-13(14-8-10-16(21)11-9-14)22-12-17(26)24-25-18(27)20(2,23-19(25)28)15-6-4-3-5-7-15/h3-11,13,22H,12H2,1-2H3,(H,23,28)(H,24,26)/t13-,20+/m1/s1. The summed E-state index contributed by atoms with van der Waals surface area (Å²) in [5.41, 5.74) is 2.74. The predicted octanol–water partition coefficient (Wildman–Crippen LogP) is 2.49. The molecular weight excluding hydrogens is 380 g/mol. The van der Waals surface area contributed by atoms with Crippen molar-refractivity contribution in [1.82, 2.24) is 21.1 Å². The van der Waals surface area contributed by atoms with Crippen LogP contribution in [0, 0.1) is 0 Å². The number of nitrogens with one attached hydrogen (secondary N) is 3. The van der Waals surface area contributed by atoms with E-state index in [-0.39, 0.29) is 12.6 Å². The molecular formula is C20H21ClN4O3. The van der Waals surface area contributed by atoms with Gasteiger partial charge in [-0.2, -0.15) is 5.01 Å². The molecule has 2 aromatic rings. The fourth-order valence-corrected chi connectivity index (χ4v) is 3.11. The quantitative estimate of drug-likeness (QED) is 0.650. The van der Waals surface area contributed by atoms with Crippen molar-refractivity contribution >= 4 is 29.4 Å². The van der Waals surface area contributed by atoms with Crippen molar-refractivity contribution in [3.05, 3.63) is 70.7 Å². The van der Waals surface area contributed by atoms with E-state index in [4.69, 9.17) is 11.6 Å². The molecule has 8 heteroatoms. The lowest BCUT2D eigenvalue weighted by molar-refractivity contribution is -0.138. The summed E-state index contributed by atoms with van der Waals surface area (Å²) in [7, 11) is 0. The highest BCUT2D eigenvalue weighted by molar-refractivity contribution is 6.30. The number of carbonyl (C=O) groups is 3. The molecule has 1 aliphatic heterocycles. The summed E-state index contributed by atoms with van der Waals surface area (Å²) in [6, 6.07) is 15.4. The number of hydrogen-bond donors (Lipinski definition) is 3. The van der Waals surface area contributed by atoms with Gasteiger partial charge in [-0.15, -0.1) is 0 Å². The highest BCUT2D eigenvalue weighted by atomic mass is 35.5. The maximum absolute atomic E-state index is 12.8. The van der Waals surface area contributed by atoms with Crippen LogP contribution in [0.5, 0.6) is 0 Å². The summed E-state index contributed by atoms with van der Waals surface area (Å²) in [6.45, 7) is 3.44. The number of halogens is 1. The molecule has 0 bridgehead atoms. The number of hydrazine groups is 1. The van der Waals surface area contributed by atoms with Crippen LogP contribution in [-0.4, -0.2) is 29.4 Å². The zero-order valence-electron chi connectivity index (χ0n) is 15.5. The average molecular weight is 401 g/mol. The third kappa shape index (κ3) is 4.00. The molecule has 0 aliphatic carbocycles. The molecule has 1 aliphatic rings. The molecule has 1 saturated heterocycles. The van der Waals surface area contributed by atoms with Gasteiger partial charge in [0.05, 0.1) is 6.54 Å². The van der Waals surface area contributed by atoms with Gasteiger partial charge < -0.3 is 10.6 Å². The van der Waals surface area contributed by atoms with E-state index >= 15 is 0 Å². The smallest absolute Gasteiger partial charge is 0.318 e. The van der Waals surface area contributed by atoms with Gasteiger partial charge in [-0.1, -0.05) is 54.1 Å². The van der Waals surface area contributed by atoms with Crippen molar-refractivity contribution in [2.24, 2.45) is 0 Å². The number of carbonyl (C=O) groups excluding carboxylic acids is 3. The van der Waals surface area contributed by atoms with Crippen molar-refractivity contribution < 1.29 is 14.4 Å². The fourth-order valence-electron chi connectivity index (χ4n) is 2.99. The number of imide groups is 1. The summed E-state index contributed by atoms with van der Waals surface area (Å²) < 4.78 is 0. The molecule has 7 nitrogen and oxygen atoms in total. The van der Waals surface area contributed by atoms with Crippen LogP contribution in [0.15, 0.2) is 54.6 Å². The second-order valence-corrected chi connectivity index (χ2v) is 7.19. The molecule has 0 saturated carbocycles. The van der Waals surface area contributed by atoms with E-state index in [2.05, 4.69) is 16.1 Å². The summed E-state index contributed by atoms with van der Waals surface area (Å²) in [5, 5.41) is 7.05. The van der Waals surface area contributed by atoms with E-state index in [1.165, 1.54) is 0 Å². The van der Waals surface area contributed by atoms with Gasteiger partial charge in [0.15, 0.2) is 0 Å². The van der Waals surface area contributed by atoms with Crippen LogP contribution >= 0.6 is 11.6 Å². The van der Waals surface area contributed by atoms with Crippen LogP contribution in [0.1, 0.15) is 31.0 Å². The topological polar surface area (TPSA) is 90.5 Å². The Kier molecular flexibility index (Phi) is 5.67. The first-order valence-electron chi connectivity index (χ1n) is 8.82. The minimum absolute atomic E-state index is 0.0666.